The molecule has 1 heterocycles. The van der Waals surface area contributed by atoms with Crippen LogP contribution in [0, 0.1) is 6.92 Å². The zero-order valence-electron chi connectivity index (χ0n) is 15.4. The van der Waals surface area contributed by atoms with Crippen molar-refractivity contribution in [3.8, 4) is 0 Å². The Morgan fingerprint density at radius 3 is 2.40 bits per heavy atom. The maximum atomic E-state index is 12.3. The summed E-state index contributed by atoms with van der Waals surface area (Å²) in [6, 6.07) is 7.48. The van der Waals surface area contributed by atoms with Gasteiger partial charge in [0.1, 0.15) is 5.82 Å². The number of methoxy groups -OCH3 is 1. The Morgan fingerprint density at radius 2 is 1.88 bits per heavy atom. The highest BCUT2D eigenvalue weighted by Gasteiger charge is 2.22. The van der Waals surface area contributed by atoms with Crippen molar-refractivity contribution in [3.63, 3.8) is 0 Å². The molecule has 0 saturated heterocycles. The maximum absolute atomic E-state index is 12.3. The van der Waals surface area contributed by atoms with Gasteiger partial charge in [-0.25, -0.2) is 18.1 Å². The van der Waals surface area contributed by atoms with Crippen LogP contribution >= 0.6 is 0 Å². The molecular weight excluding hydrogens is 340 g/mol. The zero-order chi connectivity index (χ0) is 18.6. The molecule has 0 N–H and O–H groups in total. The third-order valence-electron chi connectivity index (χ3n) is 3.77. The number of aryl methyl sites for hydroxylation is 1. The summed E-state index contributed by atoms with van der Waals surface area (Å²) in [6.45, 7) is 6.62. The molecule has 0 aliphatic carbocycles. The quantitative estimate of drug-likeness (QED) is 0.716. The van der Waals surface area contributed by atoms with E-state index in [1.54, 1.807) is 23.9 Å². The van der Waals surface area contributed by atoms with Gasteiger partial charge >= 0.3 is 0 Å². The normalized spacial score (nSPS) is 11.9. The molecule has 0 aliphatic heterocycles. The first-order valence-electron chi connectivity index (χ1n) is 8.20. The summed E-state index contributed by atoms with van der Waals surface area (Å²) >= 11 is 0. The van der Waals surface area contributed by atoms with Gasteiger partial charge in [0.2, 0.25) is 10.0 Å². The summed E-state index contributed by atoms with van der Waals surface area (Å²) in [4.78, 5) is 4.53. The monoisotopic (exact) mass is 366 g/mol. The molecule has 0 fully saturated rings. The molecule has 7 nitrogen and oxygen atoms in total. The van der Waals surface area contributed by atoms with E-state index in [1.165, 1.54) is 10.6 Å². The van der Waals surface area contributed by atoms with Crippen LogP contribution in [0.1, 0.15) is 37.1 Å². The fourth-order valence-electron chi connectivity index (χ4n) is 2.46. The van der Waals surface area contributed by atoms with Crippen molar-refractivity contribution in [2.75, 3.05) is 24.3 Å². The Balaban J connectivity index is 2.38. The van der Waals surface area contributed by atoms with Gasteiger partial charge in [0, 0.05) is 19.6 Å². The third-order valence-corrected chi connectivity index (χ3v) is 4.91. The highest BCUT2D eigenvalue weighted by molar-refractivity contribution is 7.92. The Hall–Kier alpha value is -1.93. The average molecular weight is 366 g/mol. The fraction of sp³-hybridized carbons (Fsp3) is 0.529. The highest BCUT2D eigenvalue weighted by Crippen LogP contribution is 2.21. The molecule has 0 amide bonds. The van der Waals surface area contributed by atoms with Crippen molar-refractivity contribution < 1.29 is 13.2 Å². The number of hydrogen-bond donors (Lipinski definition) is 0. The largest absolute Gasteiger partial charge is 0.384 e. The number of anilines is 1. The average Bonchev–Trinajstić information content (AvgIpc) is 2.94. The molecule has 0 unspecified atom stereocenters. The van der Waals surface area contributed by atoms with Gasteiger partial charge in [0.25, 0.3) is 0 Å². The minimum absolute atomic E-state index is 0.0817. The molecule has 0 radical (unpaired) electrons. The molecule has 8 heteroatoms. The maximum Gasteiger partial charge on any atom is 0.232 e. The van der Waals surface area contributed by atoms with E-state index < -0.39 is 10.0 Å². The van der Waals surface area contributed by atoms with E-state index in [1.807, 2.05) is 32.9 Å². The van der Waals surface area contributed by atoms with Crippen molar-refractivity contribution in [2.45, 2.75) is 39.8 Å². The molecule has 0 spiro atoms. The number of nitrogens with zero attached hydrogens (tertiary/aromatic N) is 4. The summed E-state index contributed by atoms with van der Waals surface area (Å²) in [5.41, 5.74) is 1.69. The van der Waals surface area contributed by atoms with E-state index in [4.69, 9.17) is 4.74 Å². The smallest absolute Gasteiger partial charge is 0.232 e. The van der Waals surface area contributed by atoms with Gasteiger partial charge in [0.15, 0.2) is 5.82 Å². The van der Waals surface area contributed by atoms with Gasteiger partial charge in [0.05, 0.1) is 25.1 Å². The van der Waals surface area contributed by atoms with E-state index in [9.17, 15) is 8.42 Å². The Kier molecular flexibility index (Phi) is 6.18. The van der Waals surface area contributed by atoms with Crippen LogP contribution in [0.5, 0.6) is 0 Å². The Morgan fingerprint density at radius 1 is 1.24 bits per heavy atom. The molecule has 0 bridgehead atoms. The van der Waals surface area contributed by atoms with Crippen molar-refractivity contribution in [3.05, 3.63) is 41.5 Å². The van der Waals surface area contributed by atoms with Crippen molar-refractivity contribution >= 4 is 15.7 Å². The van der Waals surface area contributed by atoms with Crippen LogP contribution in [-0.2, 0) is 27.7 Å². The number of benzene rings is 1. The third kappa shape index (κ3) is 5.02. The Labute approximate surface area is 149 Å². The number of hydrogen-bond acceptors (Lipinski definition) is 5. The van der Waals surface area contributed by atoms with Crippen LogP contribution < -0.4 is 4.31 Å². The van der Waals surface area contributed by atoms with Crippen LogP contribution in [0.3, 0.4) is 0 Å². The van der Waals surface area contributed by atoms with Crippen molar-refractivity contribution in [1.82, 2.24) is 14.8 Å². The first kappa shape index (κ1) is 19.4. The topological polar surface area (TPSA) is 77.3 Å². The second-order valence-electron chi connectivity index (χ2n) is 6.33. The lowest BCUT2D eigenvalue weighted by molar-refractivity contribution is 0.200. The molecule has 0 saturated carbocycles. The van der Waals surface area contributed by atoms with Crippen LogP contribution in [-0.4, -0.2) is 43.2 Å². The molecule has 2 rings (SSSR count). The van der Waals surface area contributed by atoms with Crippen LogP contribution in [0.25, 0.3) is 0 Å². The first-order chi connectivity index (χ1) is 11.7. The minimum atomic E-state index is -3.45. The number of ether oxygens (including phenoxy) is 1. The summed E-state index contributed by atoms with van der Waals surface area (Å²) < 4.78 is 32.9. The lowest BCUT2D eigenvalue weighted by Gasteiger charge is -2.22. The van der Waals surface area contributed by atoms with Crippen LogP contribution in [0.4, 0.5) is 5.69 Å². The van der Waals surface area contributed by atoms with Gasteiger partial charge in [-0.3, -0.25) is 4.31 Å². The van der Waals surface area contributed by atoms with Crippen molar-refractivity contribution in [2.24, 2.45) is 0 Å². The van der Waals surface area contributed by atoms with E-state index >= 15 is 0 Å². The standard InChI is InChI=1S/C17H26N4O3S/c1-13(2)21-17(18-16(19-21)10-11-24-4)12-20(25(5,22)23)15-8-6-14(3)7-9-15/h6-9,13H,10-12H2,1-5H3. The molecule has 138 valence electrons. The first-order valence-corrected chi connectivity index (χ1v) is 10.0. The van der Waals surface area contributed by atoms with Crippen LogP contribution in [0.15, 0.2) is 24.3 Å². The number of sulfonamides is 1. The zero-order valence-corrected chi connectivity index (χ0v) is 16.2. The second kappa shape index (κ2) is 7.97. The molecule has 1 aromatic carbocycles. The summed E-state index contributed by atoms with van der Waals surface area (Å²) in [5.74, 6) is 1.27. The van der Waals surface area contributed by atoms with E-state index in [0.717, 1.165) is 5.56 Å². The summed E-state index contributed by atoms with van der Waals surface area (Å²) in [6.07, 6.45) is 1.79. The molecule has 2 aromatic rings. The van der Waals surface area contributed by atoms with Crippen LogP contribution in [0.2, 0.25) is 0 Å². The summed E-state index contributed by atoms with van der Waals surface area (Å²) in [7, 11) is -1.82. The van der Waals surface area contributed by atoms with Gasteiger partial charge in [-0.1, -0.05) is 17.7 Å². The predicted molar refractivity (Wildman–Crippen MR) is 98.2 cm³/mol. The van der Waals surface area contributed by atoms with E-state index in [0.29, 0.717) is 30.4 Å². The number of aromatic nitrogens is 3. The van der Waals surface area contributed by atoms with Gasteiger partial charge < -0.3 is 4.74 Å². The second-order valence-corrected chi connectivity index (χ2v) is 8.24. The summed E-state index contributed by atoms with van der Waals surface area (Å²) in [5, 5.41) is 4.49. The lowest BCUT2D eigenvalue weighted by Crippen LogP contribution is -2.31. The highest BCUT2D eigenvalue weighted by atomic mass is 32.2. The van der Waals surface area contributed by atoms with E-state index in [-0.39, 0.29) is 12.6 Å². The fourth-order valence-corrected chi connectivity index (χ4v) is 3.32. The number of rotatable bonds is 8. The van der Waals surface area contributed by atoms with Gasteiger partial charge in [-0.2, -0.15) is 5.10 Å². The molecule has 0 aliphatic rings. The Bertz CT molecular complexity index is 798. The van der Waals surface area contributed by atoms with Gasteiger partial charge in [-0.15, -0.1) is 0 Å². The molecular formula is C17H26N4O3S. The van der Waals surface area contributed by atoms with Crippen molar-refractivity contribution in [1.29, 1.82) is 0 Å². The predicted octanol–water partition coefficient (Wildman–Crippen LogP) is 2.32. The van der Waals surface area contributed by atoms with E-state index in [2.05, 4.69) is 10.1 Å². The molecule has 1 aromatic heterocycles. The lowest BCUT2D eigenvalue weighted by atomic mass is 10.2. The SMILES string of the molecule is COCCc1nc(CN(c2ccc(C)cc2)S(C)(=O)=O)n(C(C)C)n1. The van der Waals surface area contributed by atoms with Gasteiger partial charge in [-0.05, 0) is 32.9 Å². The molecule has 25 heavy (non-hydrogen) atoms. The minimum Gasteiger partial charge on any atom is -0.384 e. The molecule has 0 atom stereocenters.